The molecule has 11 rings (SSSR count). The number of nitriles is 4. The van der Waals surface area contributed by atoms with Crippen molar-refractivity contribution in [2.24, 2.45) is 0 Å². The van der Waals surface area contributed by atoms with Crippen LogP contribution in [0.15, 0.2) is 212 Å². The topological polar surface area (TPSA) is 126 Å². The molecule has 0 saturated carbocycles. The fraction of sp³-hybridized carbons (Fsp3) is 0. The zero-order valence-corrected chi connectivity index (χ0v) is 36.8. The predicted molar refractivity (Wildman–Crippen MR) is 273 cm³/mol. The maximum atomic E-state index is 10.2. The molecule has 0 N–H and O–H groups in total. The van der Waals surface area contributed by atoms with Crippen LogP contribution in [0.2, 0.25) is 0 Å². The monoisotopic (exact) mass is 877 g/mol. The van der Waals surface area contributed by atoms with Gasteiger partial charge >= 0.3 is 0 Å². The van der Waals surface area contributed by atoms with Crippen LogP contribution in [0.5, 0.6) is 0 Å². The molecule has 0 spiro atoms. The second kappa shape index (κ2) is 17.7. The highest BCUT2D eigenvalue weighted by Crippen LogP contribution is 2.46. The third kappa shape index (κ3) is 7.61. The van der Waals surface area contributed by atoms with E-state index in [-0.39, 0.29) is 0 Å². The third-order valence-electron chi connectivity index (χ3n) is 12.6. The summed E-state index contributed by atoms with van der Waals surface area (Å²) >= 11 is 0. The Balaban J connectivity index is 1.27. The normalized spacial score (nSPS) is 10.8. The van der Waals surface area contributed by atoms with Crippen LogP contribution in [0.1, 0.15) is 22.3 Å². The zero-order chi connectivity index (χ0) is 46.8. The molecule has 69 heavy (non-hydrogen) atoms. The molecule has 0 unspecified atom stereocenters. The number of rotatable bonds is 8. The van der Waals surface area contributed by atoms with Gasteiger partial charge in [-0.3, -0.25) is 0 Å². The van der Waals surface area contributed by atoms with Gasteiger partial charge in [0.05, 0.1) is 74.6 Å². The first-order chi connectivity index (χ1) is 34.0. The molecule has 0 amide bonds. The van der Waals surface area contributed by atoms with E-state index >= 15 is 0 Å². The van der Waals surface area contributed by atoms with Gasteiger partial charge < -0.3 is 4.57 Å². The molecule has 0 aliphatic carbocycles. The number of hydrogen-bond donors (Lipinski definition) is 0. The molecule has 9 aromatic carbocycles. The van der Waals surface area contributed by atoms with Crippen LogP contribution < -0.4 is 0 Å². The molecule has 0 radical (unpaired) electrons. The molecule has 2 heterocycles. The van der Waals surface area contributed by atoms with Gasteiger partial charge in [-0.25, -0.2) is 9.97 Å². The fourth-order valence-corrected chi connectivity index (χ4v) is 9.24. The Morgan fingerprint density at radius 3 is 1.20 bits per heavy atom. The molecular formula is C62H35N7. The van der Waals surface area contributed by atoms with Crippen LogP contribution in [0.4, 0.5) is 0 Å². The SMILES string of the molecule is N#Cc1ccc(-c2cc(-c3cc(-c4ccccc4)nc(-c4ccccc4)n3)cc(-c3ccc(C#N)cc3)c2-n2c3ccc(-c4ccccc4C#N)cc3c3cc(-c4ccccc4C#N)ccc32)cc1. The van der Waals surface area contributed by atoms with Gasteiger partial charge in [0.25, 0.3) is 0 Å². The summed E-state index contributed by atoms with van der Waals surface area (Å²) in [5, 5.41) is 42.2. The molecule has 0 bridgehead atoms. The summed E-state index contributed by atoms with van der Waals surface area (Å²) in [5.41, 5.74) is 16.0. The molecule has 2 aromatic heterocycles. The summed E-state index contributed by atoms with van der Waals surface area (Å²) in [5.74, 6) is 0.584. The number of hydrogen-bond acceptors (Lipinski definition) is 6. The van der Waals surface area contributed by atoms with E-state index in [0.29, 0.717) is 33.8 Å². The smallest absolute Gasteiger partial charge is 0.160 e. The summed E-state index contributed by atoms with van der Waals surface area (Å²) in [6.45, 7) is 0. The molecule has 0 fully saturated rings. The van der Waals surface area contributed by atoms with Crippen molar-refractivity contribution in [3.05, 3.63) is 235 Å². The molecule has 7 heteroatoms. The maximum Gasteiger partial charge on any atom is 0.160 e. The van der Waals surface area contributed by atoms with E-state index in [1.807, 2.05) is 164 Å². The van der Waals surface area contributed by atoms with Crippen LogP contribution in [0, 0.1) is 45.3 Å². The second-order valence-electron chi connectivity index (χ2n) is 16.6. The Hall–Kier alpha value is -10.2. The standard InChI is InChI=1S/C62H35N7/c63-36-40-19-23-42(24-20-40)53-33-50(58-35-57(44-11-3-1-4-12-44)67-62(68-58)45-13-5-2-6-14-45)34-54(43-25-21-41(37-64)22-26-43)61(53)69-59-29-27-46(51-17-9-7-15-48(51)38-65)31-55(59)56-32-47(28-30-60(56)69)52-18-10-8-16-49(52)39-66/h1-35H. The molecule has 11 aromatic rings. The number of fused-ring (bicyclic) bond motifs is 3. The van der Waals surface area contributed by atoms with Crippen molar-refractivity contribution < 1.29 is 0 Å². The van der Waals surface area contributed by atoms with E-state index in [1.54, 1.807) is 0 Å². The first kappa shape index (κ1) is 41.5. The minimum absolute atomic E-state index is 0.534. The van der Waals surface area contributed by atoms with Crippen molar-refractivity contribution in [1.29, 1.82) is 21.0 Å². The lowest BCUT2D eigenvalue weighted by Crippen LogP contribution is -2.03. The average molecular weight is 878 g/mol. The molecule has 318 valence electrons. The van der Waals surface area contributed by atoms with E-state index in [1.165, 1.54) is 0 Å². The Morgan fingerprint density at radius 1 is 0.319 bits per heavy atom. The van der Waals surface area contributed by atoms with Gasteiger partial charge in [-0.2, -0.15) is 21.0 Å². The second-order valence-corrected chi connectivity index (χ2v) is 16.6. The third-order valence-corrected chi connectivity index (χ3v) is 12.6. The zero-order valence-electron chi connectivity index (χ0n) is 36.8. The number of nitrogens with zero attached hydrogens (tertiary/aromatic N) is 7. The number of aromatic nitrogens is 3. The molecular weight excluding hydrogens is 843 g/mol. The Bertz CT molecular complexity index is 3720. The van der Waals surface area contributed by atoms with Gasteiger partial charge in [0.15, 0.2) is 5.82 Å². The first-order valence-corrected chi connectivity index (χ1v) is 22.3. The molecule has 0 atom stereocenters. The van der Waals surface area contributed by atoms with E-state index < -0.39 is 0 Å². The van der Waals surface area contributed by atoms with Crippen molar-refractivity contribution in [1.82, 2.24) is 14.5 Å². The summed E-state index contributed by atoms with van der Waals surface area (Å²) < 4.78 is 2.29. The highest BCUT2D eigenvalue weighted by molar-refractivity contribution is 6.13. The Kier molecular flexibility index (Phi) is 10.6. The van der Waals surface area contributed by atoms with Crippen molar-refractivity contribution in [3.8, 4) is 108 Å². The van der Waals surface area contributed by atoms with Crippen LogP contribution in [0.25, 0.3) is 106 Å². The molecule has 7 nitrogen and oxygen atoms in total. The summed E-state index contributed by atoms with van der Waals surface area (Å²) in [6, 6.07) is 78.9. The lowest BCUT2D eigenvalue weighted by atomic mass is 9.91. The fourth-order valence-electron chi connectivity index (χ4n) is 9.24. The summed E-state index contributed by atoms with van der Waals surface area (Å²) in [7, 11) is 0. The van der Waals surface area contributed by atoms with Crippen LogP contribution in [0.3, 0.4) is 0 Å². The largest absolute Gasteiger partial charge is 0.308 e. The summed E-state index contributed by atoms with van der Waals surface area (Å²) in [6.07, 6.45) is 0. The Labute approximate surface area is 398 Å². The highest BCUT2D eigenvalue weighted by atomic mass is 15.0. The number of benzene rings is 9. The summed E-state index contributed by atoms with van der Waals surface area (Å²) in [4.78, 5) is 10.4. The highest BCUT2D eigenvalue weighted by Gasteiger charge is 2.24. The minimum atomic E-state index is 0.534. The molecule has 0 aliphatic heterocycles. The quantitative estimate of drug-likeness (QED) is 0.150. The maximum absolute atomic E-state index is 10.2. The van der Waals surface area contributed by atoms with Gasteiger partial charge in [-0.1, -0.05) is 133 Å². The molecule has 0 aliphatic rings. The van der Waals surface area contributed by atoms with Crippen molar-refractivity contribution >= 4 is 21.8 Å². The minimum Gasteiger partial charge on any atom is -0.308 e. The van der Waals surface area contributed by atoms with Gasteiger partial charge in [0.1, 0.15) is 0 Å². The first-order valence-electron chi connectivity index (χ1n) is 22.3. The van der Waals surface area contributed by atoms with Gasteiger partial charge in [-0.05, 0) is 112 Å². The lowest BCUT2D eigenvalue weighted by molar-refractivity contribution is 1.17. The van der Waals surface area contributed by atoms with Crippen molar-refractivity contribution in [2.45, 2.75) is 0 Å². The van der Waals surface area contributed by atoms with Crippen LogP contribution >= 0.6 is 0 Å². The van der Waals surface area contributed by atoms with Crippen LogP contribution in [-0.2, 0) is 0 Å². The van der Waals surface area contributed by atoms with E-state index in [9.17, 15) is 21.0 Å². The van der Waals surface area contributed by atoms with Gasteiger partial charge in [-0.15, -0.1) is 0 Å². The lowest BCUT2D eigenvalue weighted by Gasteiger charge is -2.21. The van der Waals surface area contributed by atoms with Crippen LogP contribution in [-0.4, -0.2) is 14.5 Å². The van der Waals surface area contributed by atoms with Gasteiger partial charge in [0.2, 0.25) is 0 Å². The predicted octanol–water partition coefficient (Wildman–Crippen LogP) is 14.7. The average Bonchev–Trinajstić information content (AvgIpc) is 3.75. The van der Waals surface area contributed by atoms with Crippen molar-refractivity contribution in [3.63, 3.8) is 0 Å². The van der Waals surface area contributed by atoms with Crippen molar-refractivity contribution in [2.75, 3.05) is 0 Å². The molecule has 0 saturated heterocycles. The van der Waals surface area contributed by atoms with E-state index in [2.05, 4.69) is 77.4 Å². The van der Waals surface area contributed by atoms with E-state index in [4.69, 9.17) is 9.97 Å². The Morgan fingerprint density at radius 2 is 0.739 bits per heavy atom. The van der Waals surface area contributed by atoms with E-state index in [0.717, 1.165) is 94.4 Å². The van der Waals surface area contributed by atoms with Gasteiger partial charge in [0, 0.05) is 38.6 Å².